The lowest BCUT2D eigenvalue weighted by Gasteiger charge is -2.33. The molecule has 1 aromatic heterocycles. The number of piperidine rings is 1. The van der Waals surface area contributed by atoms with Gasteiger partial charge in [-0.15, -0.1) is 10.2 Å². The van der Waals surface area contributed by atoms with E-state index in [-0.39, 0.29) is 24.8 Å². The van der Waals surface area contributed by atoms with Crippen LogP contribution in [0.2, 0.25) is 0 Å². The Morgan fingerprint density at radius 1 is 1.23 bits per heavy atom. The number of hydrogen-bond acceptors (Lipinski definition) is 5. The lowest BCUT2D eigenvalue weighted by atomic mass is 9.94. The minimum Gasteiger partial charge on any atom is -0.342 e. The molecule has 2 aromatic rings. The van der Waals surface area contributed by atoms with E-state index in [4.69, 9.17) is 0 Å². The van der Waals surface area contributed by atoms with Crippen molar-refractivity contribution < 1.29 is 14.4 Å². The predicted molar refractivity (Wildman–Crippen MR) is 113 cm³/mol. The number of imide groups is 1. The molecule has 0 radical (unpaired) electrons. The molecular weight excluding hydrogens is 396 g/mol. The SMILES string of the molecule is CC1(C)NC(=O)N(CCC(=O)N2CCCC(Cc3nncn3-c3ccccc3)C2)C1=O. The summed E-state index contributed by atoms with van der Waals surface area (Å²) in [5.74, 6) is 0.855. The van der Waals surface area contributed by atoms with E-state index in [1.807, 2.05) is 39.8 Å². The molecule has 1 N–H and O–H groups in total. The third kappa shape index (κ3) is 4.45. The molecule has 31 heavy (non-hydrogen) atoms. The van der Waals surface area contributed by atoms with Crippen LogP contribution >= 0.6 is 0 Å². The highest BCUT2D eigenvalue weighted by Crippen LogP contribution is 2.23. The highest BCUT2D eigenvalue weighted by molar-refractivity contribution is 6.06. The summed E-state index contributed by atoms with van der Waals surface area (Å²) in [5, 5.41) is 11.0. The van der Waals surface area contributed by atoms with Gasteiger partial charge >= 0.3 is 6.03 Å². The van der Waals surface area contributed by atoms with E-state index in [0.717, 1.165) is 35.7 Å². The predicted octanol–water partition coefficient (Wildman–Crippen LogP) is 1.77. The van der Waals surface area contributed by atoms with Gasteiger partial charge in [0.15, 0.2) is 0 Å². The Morgan fingerprint density at radius 3 is 2.71 bits per heavy atom. The summed E-state index contributed by atoms with van der Waals surface area (Å²) in [6, 6.07) is 9.53. The van der Waals surface area contributed by atoms with Gasteiger partial charge < -0.3 is 10.2 Å². The Morgan fingerprint density at radius 2 is 2.00 bits per heavy atom. The molecule has 0 aliphatic carbocycles. The monoisotopic (exact) mass is 424 g/mol. The van der Waals surface area contributed by atoms with Crippen LogP contribution in [0.1, 0.15) is 38.9 Å². The highest BCUT2D eigenvalue weighted by atomic mass is 16.2. The van der Waals surface area contributed by atoms with Crippen molar-refractivity contribution >= 4 is 17.8 Å². The first kappa shape index (κ1) is 21.0. The molecule has 4 rings (SSSR count). The third-order valence-corrected chi connectivity index (χ3v) is 5.99. The normalized spacial score (nSPS) is 20.8. The molecule has 1 unspecified atom stereocenters. The number of benzene rings is 1. The second kappa shape index (κ2) is 8.49. The zero-order chi connectivity index (χ0) is 22.0. The Bertz CT molecular complexity index is 971. The Balaban J connectivity index is 1.34. The summed E-state index contributed by atoms with van der Waals surface area (Å²) in [4.78, 5) is 40.1. The van der Waals surface area contributed by atoms with Gasteiger partial charge in [-0.05, 0) is 44.7 Å². The van der Waals surface area contributed by atoms with Crippen molar-refractivity contribution in [2.24, 2.45) is 5.92 Å². The number of aromatic nitrogens is 3. The largest absolute Gasteiger partial charge is 0.342 e. The van der Waals surface area contributed by atoms with Gasteiger partial charge in [-0.1, -0.05) is 18.2 Å². The maximum atomic E-state index is 12.8. The molecular formula is C22H28N6O3. The zero-order valence-corrected chi connectivity index (χ0v) is 18.0. The van der Waals surface area contributed by atoms with Crippen LogP contribution in [0.25, 0.3) is 5.69 Å². The summed E-state index contributed by atoms with van der Waals surface area (Å²) < 4.78 is 1.99. The number of amides is 4. The fourth-order valence-corrected chi connectivity index (χ4v) is 4.31. The summed E-state index contributed by atoms with van der Waals surface area (Å²) in [6.45, 7) is 4.78. The van der Waals surface area contributed by atoms with Crippen LogP contribution in [-0.4, -0.2) is 67.6 Å². The maximum absolute atomic E-state index is 12.8. The quantitative estimate of drug-likeness (QED) is 0.713. The Kier molecular flexibility index (Phi) is 5.75. The van der Waals surface area contributed by atoms with Gasteiger partial charge in [0.2, 0.25) is 5.91 Å². The average molecular weight is 425 g/mol. The number of hydrogen-bond donors (Lipinski definition) is 1. The number of rotatable bonds is 6. The number of nitrogens with zero attached hydrogens (tertiary/aromatic N) is 5. The van der Waals surface area contributed by atoms with Gasteiger partial charge in [-0.25, -0.2) is 4.79 Å². The van der Waals surface area contributed by atoms with E-state index >= 15 is 0 Å². The van der Waals surface area contributed by atoms with E-state index < -0.39 is 11.6 Å². The number of carbonyl (C=O) groups is 3. The van der Waals surface area contributed by atoms with Crippen molar-refractivity contribution in [3.63, 3.8) is 0 Å². The summed E-state index contributed by atoms with van der Waals surface area (Å²) in [7, 11) is 0. The van der Waals surface area contributed by atoms with Crippen molar-refractivity contribution in [3.8, 4) is 5.69 Å². The molecule has 1 aromatic carbocycles. The second-order valence-electron chi connectivity index (χ2n) is 8.77. The first-order valence-electron chi connectivity index (χ1n) is 10.7. The zero-order valence-electron chi connectivity index (χ0n) is 18.0. The molecule has 2 fully saturated rings. The Labute approximate surface area is 181 Å². The van der Waals surface area contributed by atoms with Crippen LogP contribution in [0, 0.1) is 5.92 Å². The van der Waals surface area contributed by atoms with E-state index in [2.05, 4.69) is 15.5 Å². The summed E-state index contributed by atoms with van der Waals surface area (Å²) >= 11 is 0. The standard InChI is InChI=1S/C22H28N6O3/c1-22(2)20(30)27(21(31)24-22)12-10-19(29)26-11-6-7-16(14-26)13-18-25-23-15-28(18)17-8-4-3-5-9-17/h3-5,8-9,15-16H,6-7,10-14H2,1-2H3,(H,24,31). The van der Waals surface area contributed by atoms with Crippen molar-refractivity contribution in [2.45, 2.75) is 45.1 Å². The second-order valence-corrected chi connectivity index (χ2v) is 8.77. The molecule has 3 heterocycles. The molecule has 9 heteroatoms. The van der Waals surface area contributed by atoms with Gasteiger partial charge in [0.1, 0.15) is 17.7 Å². The van der Waals surface area contributed by atoms with E-state index in [0.29, 0.717) is 19.0 Å². The van der Waals surface area contributed by atoms with Gasteiger partial charge in [0.05, 0.1) is 0 Å². The molecule has 2 aliphatic rings. The van der Waals surface area contributed by atoms with Gasteiger partial charge in [0, 0.05) is 38.2 Å². The van der Waals surface area contributed by atoms with Crippen LogP contribution in [0.15, 0.2) is 36.7 Å². The lowest BCUT2D eigenvalue weighted by molar-refractivity contribution is -0.134. The topological polar surface area (TPSA) is 100 Å². The first-order chi connectivity index (χ1) is 14.8. The van der Waals surface area contributed by atoms with Crippen molar-refractivity contribution in [2.75, 3.05) is 19.6 Å². The average Bonchev–Trinajstić information content (AvgIpc) is 3.29. The van der Waals surface area contributed by atoms with Crippen molar-refractivity contribution in [1.82, 2.24) is 29.9 Å². The molecule has 2 aliphatic heterocycles. The molecule has 4 amide bonds. The maximum Gasteiger partial charge on any atom is 0.325 e. The van der Waals surface area contributed by atoms with Gasteiger partial charge in [-0.2, -0.15) is 0 Å². The van der Waals surface area contributed by atoms with Gasteiger partial charge in [0.25, 0.3) is 5.91 Å². The van der Waals surface area contributed by atoms with E-state index in [1.165, 1.54) is 0 Å². The van der Waals surface area contributed by atoms with Gasteiger partial charge in [-0.3, -0.25) is 19.1 Å². The number of nitrogens with one attached hydrogen (secondary N) is 1. The fraction of sp³-hybridized carbons (Fsp3) is 0.500. The van der Waals surface area contributed by atoms with Crippen LogP contribution in [0.5, 0.6) is 0 Å². The first-order valence-corrected chi connectivity index (χ1v) is 10.7. The summed E-state index contributed by atoms with van der Waals surface area (Å²) in [5.41, 5.74) is 0.105. The van der Waals surface area contributed by atoms with E-state index in [1.54, 1.807) is 20.2 Å². The lowest BCUT2D eigenvalue weighted by Crippen LogP contribution is -2.43. The third-order valence-electron chi connectivity index (χ3n) is 5.99. The van der Waals surface area contributed by atoms with Crippen molar-refractivity contribution in [3.05, 3.63) is 42.5 Å². The molecule has 0 spiro atoms. The van der Waals surface area contributed by atoms with Crippen molar-refractivity contribution in [1.29, 1.82) is 0 Å². The van der Waals surface area contributed by atoms with Crippen LogP contribution in [0.4, 0.5) is 4.79 Å². The van der Waals surface area contributed by atoms with E-state index in [9.17, 15) is 14.4 Å². The number of urea groups is 1. The smallest absolute Gasteiger partial charge is 0.325 e. The minimum atomic E-state index is -0.912. The number of likely N-dealkylation sites (tertiary alicyclic amines) is 1. The molecule has 164 valence electrons. The Hall–Kier alpha value is -3.23. The van der Waals surface area contributed by atoms with Crippen LogP contribution in [0.3, 0.4) is 0 Å². The minimum absolute atomic E-state index is 0.0282. The fourth-order valence-electron chi connectivity index (χ4n) is 4.31. The number of para-hydroxylation sites is 1. The molecule has 0 bridgehead atoms. The van der Waals surface area contributed by atoms with Crippen LogP contribution in [-0.2, 0) is 16.0 Å². The molecule has 0 saturated carbocycles. The summed E-state index contributed by atoms with van der Waals surface area (Å²) in [6.07, 6.45) is 4.54. The number of carbonyl (C=O) groups excluding carboxylic acids is 3. The molecule has 1 atom stereocenters. The molecule has 9 nitrogen and oxygen atoms in total. The highest BCUT2D eigenvalue weighted by Gasteiger charge is 2.44. The van der Waals surface area contributed by atoms with Crippen LogP contribution < -0.4 is 5.32 Å². The molecule has 2 saturated heterocycles.